The number of carbonyl (C=O) groups excluding carboxylic acids is 2. The fourth-order valence-electron chi connectivity index (χ4n) is 5.86. The summed E-state index contributed by atoms with van der Waals surface area (Å²) in [5.74, 6) is 0.833. The first kappa shape index (κ1) is 44.2. The molecular formula is C42H78N2O2. The molecule has 0 saturated carbocycles. The number of amides is 2. The van der Waals surface area contributed by atoms with Crippen molar-refractivity contribution in [1.82, 2.24) is 10.6 Å². The topological polar surface area (TPSA) is 58.2 Å². The van der Waals surface area contributed by atoms with E-state index < -0.39 is 0 Å². The van der Waals surface area contributed by atoms with Gasteiger partial charge in [0.25, 0.3) is 0 Å². The maximum Gasteiger partial charge on any atom is 0.220 e. The van der Waals surface area contributed by atoms with Gasteiger partial charge in [-0.3, -0.25) is 9.59 Å². The molecule has 0 fully saturated rings. The molecule has 0 bridgehead atoms. The number of hydrogen-bond donors (Lipinski definition) is 2. The van der Waals surface area contributed by atoms with E-state index in [0.717, 1.165) is 70.8 Å². The number of allylic oxidation sites excluding steroid dienone is 6. The third kappa shape index (κ3) is 33.5. The number of nitrogens with one attached hydrogen (secondary N) is 2. The summed E-state index contributed by atoms with van der Waals surface area (Å²) >= 11 is 0. The van der Waals surface area contributed by atoms with E-state index >= 15 is 0 Å². The van der Waals surface area contributed by atoms with E-state index in [1.807, 2.05) is 0 Å². The summed E-state index contributed by atoms with van der Waals surface area (Å²) in [4.78, 5) is 24.8. The molecule has 0 unspecified atom stereocenters. The summed E-state index contributed by atoms with van der Waals surface area (Å²) in [5.41, 5.74) is 0. The zero-order valence-electron chi connectivity index (χ0n) is 31.2. The SMILES string of the molecule is CC/C=C\C/C=C\C/C=C\CCCCCCCC(=O)NCCCC[C@H](NC(=O)CCCCCCCCCCCCCCC)C(C)C. The molecule has 4 nitrogen and oxygen atoms in total. The molecule has 1 atom stereocenters. The maximum absolute atomic E-state index is 12.5. The van der Waals surface area contributed by atoms with E-state index in [9.17, 15) is 9.59 Å². The lowest BCUT2D eigenvalue weighted by Gasteiger charge is -2.22. The first-order chi connectivity index (χ1) is 22.5. The lowest BCUT2D eigenvalue weighted by Crippen LogP contribution is -2.38. The Balaban J connectivity index is 3.65. The first-order valence-corrected chi connectivity index (χ1v) is 20.0. The Morgan fingerprint density at radius 2 is 1.00 bits per heavy atom. The van der Waals surface area contributed by atoms with Gasteiger partial charge in [-0.05, 0) is 70.1 Å². The van der Waals surface area contributed by atoms with E-state index in [2.05, 4.69) is 74.8 Å². The van der Waals surface area contributed by atoms with Gasteiger partial charge in [-0.15, -0.1) is 0 Å². The minimum Gasteiger partial charge on any atom is -0.356 e. The Kier molecular flexibility index (Phi) is 34.6. The molecule has 4 heteroatoms. The van der Waals surface area contributed by atoms with Crippen molar-refractivity contribution in [2.75, 3.05) is 6.54 Å². The van der Waals surface area contributed by atoms with E-state index in [4.69, 9.17) is 0 Å². The third-order valence-electron chi connectivity index (χ3n) is 8.98. The average Bonchev–Trinajstić information content (AvgIpc) is 3.04. The first-order valence-electron chi connectivity index (χ1n) is 20.0. The molecule has 0 aliphatic heterocycles. The largest absolute Gasteiger partial charge is 0.356 e. The van der Waals surface area contributed by atoms with Crippen LogP contribution in [0.25, 0.3) is 0 Å². The summed E-state index contributed by atoms with van der Waals surface area (Å²) < 4.78 is 0. The fraction of sp³-hybridized carbons (Fsp3) is 0.810. The summed E-state index contributed by atoms with van der Waals surface area (Å²) in [5, 5.41) is 6.40. The van der Waals surface area contributed by atoms with E-state index in [-0.39, 0.29) is 17.9 Å². The van der Waals surface area contributed by atoms with Gasteiger partial charge in [-0.2, -0.15) is 0 Å². The minimum atomic E-state index is 0.188. The van der Waals surface area contributed by atoms with Crippen LogP contribution in [-0.2, 0) is 9.59 Å². The molecule has 0 rings (SSSR count). The van der Waals surface area contributed by atoms with Crippen molar-refractivity contribution in [3.8, 4) is 0 Å². The van der Waals surface area contributed by atoms with Gasteiger partial charge in [0.2, 0.25) is 11.8 Å². The Morgan fingerprint density at radius 1 is 0.522 bits per heavy atom. The van der Waals surface area contributed by atoms with Crippen LogP contribution >= 0.6 is 0 Å². The smallest absolute Gasteiger partial charge is 0.220 e. The normalized spacial score (nSPS) is 12.6. The number of rotatable bonds is 34. The standard InChI is InChI=1S/C42H78N2O2/c1-5-7-9-11-13-15-17-19-20-22-23-25-27-29-31-36-41(45)43-38-34-33-35-40(39(3)4)44-42(46)37-32-30-28-26-24-21-18-16-14-12-10-8-6-2/h7,9,13,15,19-20,39-40H,5-6,8,10-12,14,16-18,21-38H2,1-4H3,(H,43,45)(H,44,46)/b9-7-,15-13-,20-19-/t40-/m0/s1. The van der Waals surface area contributed by atoms with Crippen LogP contribution in [-0.4, -0.2) is 24.4 Å². The Labute approximate surface area is 287 Å². The fourth-order valence-corrected chi connectivity index (χ4v) is 5.86. The van der Waals surface area contributed by atoms with Gasteiger partial charge in [-0.1, -0.05) is 160 Å². The van der Waals surface area contributed by atoms with Crippen molar-refractivity contribution in [1.29, 1.82) is 0 Å². The Hall–Kier alpha value is -1.84. The Bertz CT molecular complexity index is 755. The quantitative estimate of drug-likeness (QED) is 0.0542. The average molecular weight is 643 g/mol. The van der Waals surface area contributed by atoms with Gasteiger partial charge in [0.15, 0.2) is 0 Å². The molecule has 46 heavy (non-hydrogen) atoms. The molecular weight excluding hydrogens is 564 g/mol. The van der Waals surface area contributed by atoms with Crippen molar-refractivity contribution < 1.29 is 9.59 Å². The second kappa shape index (κ2) is 36.0. The maximum atomic E-state index is 12.5. The highest BCUT2D eigenvalue weighted by molar-refractivity contribution is 5.76. The van der Waals surface area contributed by atoms with Gasteiger partial charge in [-0.25, -0.2) is 0 Å². The molecule has 0 aliphatic carbocycles. The van der Waals surface area contributed by atoms with Crippen molar-refractivity contribution in [3.05, 3.63) is 36.5 Å². The van der Waals surface area contributed by atoms with Gasteiger partial charge in [0.05, 0.1) is 0 Å². The molecule has 0 aromatic rings. The van der Waals surface area contributed by atoms with Gasteiger partial charge >= 0.3 is 0 Å². The zero-order valence-corrected chi connectivity index (χ0v) is 31.2. The highest BCUT2D eigenvalue weighted by Gasteiger charge is 2.15. The second-order valence-corrected chi connectivity index (χ2v) is 13.9. The molecule has 2 N–H and O–H groups in total. The molecule has 0 radical (unpaired) electrons. The predicted octanol–water partition coefficient (Wildman–Crippen LogP) is 12.5. The molecule has 0 aromatic heterocycles. The summed E-state index contributed by atoms with van der Waals surface area (Å²) in [7, 11) is 0. The number of carbonyl (C=O) groups is 2. The molecule has 0 heterocycles. The summed E-state index contributed by atoms with van der Waals surface area (Å²) in [6.07, 6.45) is 45.2. The van der Waals surface area contributed by atoms with Crippen molar-refractivity contribution in [2.45, 2.75) is 207 Å². The zero-order chi connectivity index (χ0) is 33.8. The molecule has 0 saturated heterocycles. The Morgan fingerprint density at radius 3 is 1.54 bits per heavy atom. The molecule has 2 amide bonds. The number of hydrogen-bond acceptors (Lipinski definition) is 2. The predicted molar refractivity (Wildman–Crippen MR) is 203 cm³/mol. The third-order valence-corrected chi connectivity index (χ3v) is 8.98. The molecule has 0 spiro atoms. The molecule has 268 valence electrons. The van der Waals surface area contributed by atoms with Crippen molar-refractivity contribution in [2.24, 2.45) is 5.92 Å². The van der Waals surface area contributed by atoms with Gasteiger partial charge < -0.3 is 10.6 Å². The van der Waals surface area contributed by atoms with Crippen LogP contribution in [0.1, 0.15) is 201 Å². The lowest BCUT2D eigenvalue weighted by atomic mass is 9.98. The highest BCUT2D eigenvalue weighted by atomic mass is 16.2. The van der Waals surface area contributed by atoms with Crippen molar-refractivity contribution in [3.63, 3.8) is 0 Å². The van der Waals surface area contributed by atoms with E-state index in [0.29, 0.717) is 18.8 Å². The molecule has 0 aliphatic rings. The van der Waals surface area contributed by atoms with E-state index in [1.54, 1.807) is 0 Å². The van der Waals surface area contributed by atoms with Crippen molar-refractivity contribution >= 4 is 11.8 Å². The van der Waals surface area contributed by atoms with E-state index in [1.165, 1.54) is 96.3 Å². The minimum absolute atomic E-state index is 0.188. The highest BCUT2D eigenvalue weighted by Crippen LogP contribution is 2.14. The van der Waals surface area contributed by atoms with Crippen LogP contribution in [0, 0.1) is 5.92 Å². The number of unbranched alkanes of at least 4 members (excludes halogenated alkanes) is 18. The molecule has 0 aromatic carbocycles. The van der Waals surface area contributed by atoms with Gasteiger partial charge in [0, 0.05) is 25.4 Å². The van der Waals surface area contributed by atoms with Crippen LogP contribution in [0.2, 0.25) is 0 Å². The summed E-state index contributed by atoms with van der Waals surface area (Å²) in [6.45, 7) is 9.58. The van der Waals surface area contributed by atoms with Crippen LogP contribution in [0.4, 0.5) is 0 Å². The summed E-state index contributed by atoms with van der Waals surface area (Å²) in [6, 6.07) is 0.232. The van der Waals surface area contributed by atoms with Crippen LogP contribution < -0.4 is 10.6 Å². The van der Waals surface area contributed by atoms with Gasteiger partial charge in [0.1, 0.15) is 0 Å². The van der Waals surface area contributed by atoms with Crippen LogP contribution in [0.3, 0.4) is 0 Å². The van der Waals surface area contributed by atoms with Crippen LogP contribution in [0.5, 0.6) is 0 Å². The monoisotopic (exact) mass is 643 g/mol. The lowest BCUT2D eigenvalue weighted by molar-refractivity contribution is -0.122. The van der Waals surface area contributed by atoms with Crippen LogP contribution in [0.15, 0.2) is 36.5 Å². The second-order valence-electron chi connectivity index (χ2n) is 13.9.